The lowest BCUT2D eigenvalue weighted by Crippen LogP contribution is -2.24. The number of rotatable bonds is 11. The van der Waals surface area contributed by atoms with Crippen molar-refractivity contribution >= 4 is 17.7 Å². The quantitative estimate of drug-likeness (QED) is 0.394. The SMILES string of the molecule is CCCCC(SCCCCC(C)(F)F)C(=O)OC(C)C. The third-order valence-electron chi connectivity index (χ3n) is 2.76. The Morgan fingerprint density at radius 1 is 1.25 bits per heavy atom. The summed E-state index contributed by atoms with van der Waals surface area (Å²) in [7, 11) is 0. The minimum Gasteiger partial charge on any atom is -0.462 e. The first kappa shape index (κ1) is 19.7. The van der Waals surface area contributed by atoms with E-state index in [0.29, 0.717) is 12.8 Å². The molecule has 0 rings (SSSR count). The van der Waals surface area contributed by atoms with Crippen molar-refractivity contribution in [1.82, 2.24) is 0 Å². The number of carbonyl (C=O) groups is 1. The number of thioether (sulfide) groups is 1. The van der Waals surface area contributed by atoms with Crippen LogP contribution in [-0.4, -0.2) is 29.0 Å². The summed E-state index contributed by atoms with van der Waals surface area (Å²) in [6, 6.07) is 0. The van der Waals surface area contributed by atoms with Gasteiger partial charge in [0.05, 0.1) is 6.10 Å². The second-order valence-corrected chi connectivity index (χ2v) is 6.83. The lowest BCUT2D eigenvalue weighted by Gasteiger charge is -2.17. The smallest absolute Gasteiger partial charge is 0.319 e. The summed E-state index contributed by atoms with van der Waals surface area (Å²) < 4.78 is 30.6. The van der Waals surface area contributed by atoms with Gasteiger partial charge in [0, 0.05) is 6.42 Å². The van der Waals surface area contributed by atoms with Gasteiger partial charge >= 0.3 is 5.97 Å². The maximum Gasteiger partial charge on any atom is 0.319 e. The highest BCUT2D eigenvalue weighted by atomic mass is 32.2. The molecule has 0 aliphatic rings. The molecule has 0 fully saturated rings. The normalized spacial score (nSPS) is 13.6. The maximum atomic E-state index is 12.7. The van der Waals surface area contributed by atoms with E-state index in [1.807, 2.05) is 13.8 Å². The van der Waals surface area contributed by atoms with E-state index in [4.69, 9.17) is 4.74 Å². The van der Waals surface area contributed by atoms with Gasteiger partial charge < -0.3 is 4.74 Å². The molecule has 0 amide bonds. The lowest BCUT2D eigenvalue weighted by atomic mass is 10.2. The van der Waals surface area contributed by atoms with Crippen molar-refractivity contribution in [3.63, 3.8) is 0 Å². The minimum absolute atomic E-state index is 0.0797. The molecule has 120 valence electrons. The molecule has 0 aliphatic carbocycles. The van der Waals surface area contributed by atoms with Crippen LogP contribution < -0.4 is 0 Å². The zero-order valence-corrected chi connectivity index (χ0v) is 13.9. The molecule has 0 saturated carbocycles. The van der Waals surface area contributed by atoms with E-state index in [1.54, 1.807) is 11.8 Å². The van der Waals surface area contributed by atoms with Gasteiger partial charge in [-0.3, -0.25) is 4.79 Å². The number of hydrogen-bond donors (Lipinski definition) is 0. The third kappa shape index (κ3) is 11.5. The highest BCUT2D eigenvalue weighted by molar-refractivity contribution is 8.00. The Bertz CT molecular complexity index is 265. The summed E-state index contributed by atoms with van der Waals surface area (Å²) >= 11 is 1.54. The molecule has 0 aromatic rings. The molecule has 0 aromatic carbocycles. The van der Waals surface area contributed by atoms with Crippen LogP contribution >= 0.6 is 11.8 Å². The van der Waals surface area contributed by atoms with Crippen molar-refractivity contribution in [3.8, 4) is 0 Å². The minimum atomic E-state index is -2.58. The molecule has 1 unspecified atom stereocenters. The highest BCUT2D eigenvalue weighted by Gasteiger charge is 2.22. The summed E-state index contributed by atoms with van der Waals surface area (Å²) in [6.45, 7) is 6.70. The standard InChI is InChI=1S/C15H28F2O2S/c1-5-6-9-13(14(18)19-12(2)3)20-11-8-7-10-15(4,16)17/h12-13H,5-11H2,1-4H3. The molecule has 0 aromatic heterocycles. The first-order valence-corrected chi connectivity index (χ1v) is 8.51. The molecule has 0 radical (unpaired) electrons. The number of halogens is 2. The van der Waals surface area contributed by atoms with Crippen LogP contribution in [0, 0.1) is 0 Å². The second kappa shape index (κ2) is 10.4. The Morgan fingerprint density at radius 2 is 1.90 bits per heavy atom. The Labute approximate surface area is 126 Å². The number of alkyl halides is 2. The number of unbranched alkanes of at least 4 members (excludes halogenated alkanes) is 2. The van der Waals surface area contributed by atoms with Gasteiger partial charge in [0.15, 0.2) is 0 Å². The van der Waals surface area contributed by atoms with Crippen LogP contribution in [0.1, 0.15) is 66.2 Å². The largest absolute Gasteiger partial charge is 0.462 e. The van der Waals surface area contributed by atoms with Gasteiger partial charge in [-0.1, -0.05) is 19.8 Å². The highest BCUT2D eigenvalue weighted by Crippen LogP contribution is 2.24. The van der Waals surface area contributed by atoms with E-state index in [9.17, 15) is 13.6 Å². The van der Waals surface area contributed by atoms with Crippen molar-refractivity contribution in [2.75, 3.05) is 5.75 Å². The molecule has 0 spiro atoms. The molecular formula is C15H28F2O2S. The molecule has 20 heavy (non-hydrogen) atoms. The van der Waals surface area contributed by atoms with E-state index in [-0.39, 0.29) is 23.7 Å². The predicted molar refractivity (Wildman–Crippen MR) is 81.5 cm³/mol. The van der Waals surface area contributed by atoms with Crippen molar-refractivity contribution in [1.29, 1.82) is 0 Å². The van der Waals surface area contributed by atoms with Crippen LogP contribution in [0.15, 0.2) is 0 Å². The number of hydrogen-bond acceptors (Lipinski definition) is 3. The first-order valence-electron chi connectivity index (χ1n) is 7.46. The Morgan fingerprint density at radius 3 is 2.40 bits per heavy atom. The van der Waals surface area contributed by atoms with Gasteiger partial charge in [-0.25, -0.2) is 8.78 Å². The molecule has 0 bridgehead atoms. The zero-order chi connectivity index (χ0) is 15.6. The molecule has 0 heterocycles. The fourth-order valence-corrected chi connectivity index (χ4v) is 2.91. The molecule has 0 aliphatic heterocycles. The van der Waals surface area contributed by atoms with Gasteiger partial charge in [0.2, 0.25) is 5.92 Å². The summed E-state index contributed by atoms with van der Waals surface area (Å²) in [6.07, 6.45) is 3.85. The van der Waals surface area contributed by atoms with Crippen LogP contribution in [0.3, 0.4) is 0 Å². The molecule has 0 saturated heterocycles. The Hall–Kier alpha value is -0.320. The van der Waals surface area contributed by atoms with Crippen molar-refractivity contribution in [2.45, 2.75) is 83.5 Å². The molecule has 1 atom stereocenters. The average Bonchev–Trinajstić information content (AvgIpc) is 2.30. The van der Waals surface area contributed by atoms with E-state index in [2.05, 4.69) is 6.92 Å². The van der Waals surface area contributed by atoms with Gasteiger partial charge in [-0.15, -0.1) is 11.8 Å². The fourth-order valence-electron chi connectivity index (χ4n) is 1.73. The number of esters is 1. The Kier molecular flexibility index (Phi) is 10.2. The van der Waals surface area contributed by atoms with Crippen molar-refractivity contribution < 1.29 is 18.3 Å². The van der Waals surface area contributed by atoms with Crippen LogP contribution in [0.25, 0.3) is 0 Å². The number of carbonyl (C=O) groups excluding carboxylic acids is 1. The molecule has 2 nitrogen and oxygen atoms in total. The predicted octanol–water partition coefficient (Wildman–Crippen LogP) is 5.06. The van der Waals surface area contributed by atoms with Gasteiger partial charge in [0.25, 0.3) is 0 Å². The summed E-state index contributed by atoms with van der Waals surface area (Å²) in [5, 5.41) is -0.153. The van der Waals surface area contributed by atoms with E-state index in [1.165, 1.54) is 0 Å². The van der Waals surface area contributed by atoms with Crippen molar-refractivity contribution in [3.05, 3.63) is 0 Å². The summed E-state index contributed by atoms with van der Waals surface area (Å²) in [4.78, 5) is 11.9. The third-order valence-corrected chi connectivity index (χ3v) is 4.12. The van der Waals surface area contributed by atoms with E-state index >= 15 is 0 Å². The maximum absolute atomic E-state index is 12.7. The zero-order valence-electron chi connectivity index (χ0n) is 13.1. The average molecular weight is 310 g/mol. The first-order chi connectivity index (χ1) is 9.26. The van der Waals surface area contributed by atoms with E-state index < -0.39 is 5.92 Å². The van der Waals surface area contributed by atoms with E-state index in [0.717, 1.165) is 31.9 Å². The van der Waals surface area contributed by atoms with Crippen LogP contribution in [0.5, 0.6) is 0 Å². The van der Waals surface area contributed by atoms with Crippen LogP contribution in [0.2, 0.25) is 0 Å². The molecular weight excluding hydrogens is 282 g/mol. The van der Waals surface area contributed by atoms with Gasteiger partial charge in [-0.2, -0.15) is 0 Å². The molecule has 5 heteroatoms. The second-order valence-electron chi connectivity index (χ2n) is 5.51. The molecule has 0 N–H and O–H groups in total. The monoisotopic (exact) mass is 310 g/mol. The summed E-state index contributed by atoms with van der Waals surface area (Å²) in [5.74, 6) is -2.01. The van der Waals surface area contributed by atoms with Crippen molar-refractivity contribution in [2.24, 2.45) is 0 Å². The topological polar surface area (TPSA) is 26.3 Å². The Balaban J connectivity index is 4.00. The summed E-state index contributed by atoms with van der Waals surface area (Å²) in [5.41, 5.74) is 0. The lowest BCUT2D eigenvalue weighted by molar-refractivity contribution is -0.146. The fraction of sp³-hybridized carbons (Fsp3) is 0.933. The van der Waals surface area contributed by atoms with Gasteiger partial charge in [0.1, 0.15) is 5.25 Å². The van der Waals surface area contributed by atoms with Crippen LogP contribution in [-0.2, 0) is 9.53 Å². The van der Waals surface area contributed by atoms with Gasteiger partial charge in [-0.05, 0) is 45.8 Å². The number of ether oxygens (including phenoxy) is 1. The van der Waals surface area contributed by atoms with Crippen LogP contribution in [0.4, 0.5) is 8.78 Å².